The van der Waals surface area contributed by atoms with E-state index in [0.29, 0.717) is 5.69 Å². The van der Waals surface area contributed by atoms with Gasteiger partial charge in [0.05, 0.1) is 0 Å². The van der Waals surface area contributed by atoms with E-state index in [-0.39, 0.29) is 9.77 Å². The molecule has 2 N–H and O–H groups in total. The van der Waals surface area contributed by atoms with E-state index < -0.39 is 16.0 Å². The Labute approximate surface area is 148 Å². The van der Waals surface area contributed by atoms with E-state index >= 15 is 0 Å². The van der Waals surface area contributed by atoms with Gasteiger partial charge in [-0.05, 0) is 52.3 Å². The number of thiophene rings is 1. The Hall–Kier alpha value is -2.64. The summed E-state index contributed by atoms with van der Waals surface area (Å²) >= 11 is 0.888. The summed E-state index contributed by atoms with van der Waals surface area (Å²) in [5.41, 5.74) is 4.95. The minimum atomic E-state index is -3.95. The van der Waals surface area contributed by atoms with E-state index in [1.165, 1.54) is 17.0 Å². The van der Waals surface area contributed by atoms with E-state index in [4.69, 9.17) is 5.11 Å². The first-order chi connectivity index (χ1) is 12.0. The molecule has 0 radical (unpaired) electrons. The molecule has 5 nitrogen and oxygen atoms in total. The van der Waals surface area contributed by atoms with Gasteiger partial charge in [0.25, 0.3) is 10.0 Å². The van der Waals surface area contributed by atoms with Crippen molar-refractivity contribution >= 4 is 33.0 Å². The quantitative estimate of drug-likeness (QED) is 0.571. The highest BCUT2D eigenvalue weighted by atomic mass is 32.2. The van der Waals surface area contributed by atoms with Crippen molar-refractivity contribution in [1.82, 2.24) is 0 Å². The van der Waals surface area contributed by atoms with Crippen molar-refractivity contribution in [2.45, 2.75) is 11.3 Å². The summed E-state index contributed by atoms with van der Waals surface area (Å²) < 4.78 is 27.6. The van der Waals surface area contributed by atoms with Gasteiger partial charge in [-0.2, -0.15) is 0 Å². The SMILES string of the molecule is O=C(O)c1sccc1S(=O)(=O)Nc1ccc2c(c1)Cc1ccccc1-2. The van der Waals surface area contributed by atoms with Gasteiger partial charge in [0.1, 0.15) is 9.77 Å². The van der Waals surface area contributed by atoms with Gasteiger partial charge in [0.2, 0.25) is 0 Å². The number of carbonyl (C=O) groups is 1. The fraction of sp³-hybridized carbons (Fsp3) is 0.0556. The molecule has 0 bridgehead atoms. The van der Waals surface area contributed by atoms with Crippen molar-refractivity contribution in [2.24, 2.45) is 0 Å². The molecule has 3 aromatic rings. The second-order valence-corrected chi connectivity index (χ2v) is 8.30. The zero-order chi connectivity index (χ0) is 17.6. The van der Waals surface area contributed by atoms with E-state index in [9.17, 15) is 13.2 Å². The molecule has 0 saturated heterocycles. The Kier molecular flexibility index (Phi) is 3.63. The standard InChI is InChI=1S/C18H13NO4S2/c20-18(21)17-16(7-8-24-17)25(22,23)19-13-5-6-15-12(10-13)9-11-3-1-2-4-14(11)15/h1-8,10,19H,9H2,(H,20,21). The number of anilines is 1. The average Bonchev–Trinajstić information content (AvgIpc) is 3.19. The Balaban J connectivity index is 1.67. The van der Waals surface area contributed by atoms with Crippen LogP contribution in [0.25, 0.3) is 11.1 Å². The van der Waals surface area contributed by atoms with Crippen LogP contribution in [0.2, 0.25) is 0 Å². The molecule has 0 unspecified atom stereocenters. The fourth-order valence-electron chi connectivity index (χ4n) is 3.08. The number of nitrogens with one attached hydrogen (secondary N) is 1. The highest BCUT2D eigenvalue weighted by Crippen LogP contribution is 2.38. The highest BCUT2D eigenvalue weighted by Gasteiger charge is 2.25. The number of aromatic carboxylic acids is 1. The van der Waals surface area contributed by atoms with Crippen LogP contribution in [0, 0.1) is 0 Å². The van der Waals surface area contributed by atoms with Gasteiger partial charge in [-0.3, -0.25) is 4.72 Å². The molecule has 0 spiro atoms. The summed E-state index contributed by atoms with van der Waals surface area (Å²) in [7, 11) is -3.95. The van der Waals surface area contributed by atoms with E-state index in [0.717, 1.165) is 34.4 Å². The maximum absolute atomic E-state index is 12.5. The van der Waals surface area contributed by atoms with Crippen LogP contribution in [0.4, 0.5) is 5.69 Å². The second kappa shape index (κ2) is 5.72. The molecule has 4 rings (SSSR count). The predicted octanol–water partition coefficient (Wildman–Crippen LogP) is 3.82. The summed E-state index contributed by atoms with van der Waals surface area (Å²) in [4.78, 5) is 10.8. The van der Waals surface area contributed by atoms with Crippen LogP contribution in [-0.4, -0.2) is 19.5 Å². The average molecular weight is 371 g/mol. The molecule has 126 valence electrons. The molecule has 1 aliphatic carbocycles. The minimum Gasteiger partial charge on any atom is -0.477 e. The molecule has 2 aromatic carbocycles. The van der Waals surface area contributed by atoms with Gasteiger partial charge >= 0.3 is 5.97 Å². The van der Waals surface area contributed by atoms with Gasteiger partial charge in [-0.1, -0.05) is 30.3 Å². The lowest BCUT2D eigenvalue weighted by atomic mass is 10.1. The first kappa shape index (κ1) is 15.9. The third-order valence-corrected chi connectivity index (χ3v) is 6.61. The Bertz CT molecular complexity index is 1100. The normalized spacial score (nSPS) is 12.5. The van der Waals surface area contributed by atoms with Crippen LogP contribution >= 0.6 is 11.3 Å². The van der Waals surface area contributed by atoms with Crippen LogP contribution in [-0.2, 0) is 16.4 Å². The van der Waals surface area contributed by atoms with Crippen LogP contribution in [0.1, 0.15) is 20.8 Å². The minimum absolute atomic E-state index is 0.193. The number of carboxylic acids is 1. The van der Waals surface area contributed by atoms with Gasteiger partial charge in [-0.25, -0.2) is 13.2 Å². The monoisotopic (exact) mass is 371 g/mol. The number of rotatable bonds is 4. The number of carboxylic acid groups (broad SMARTS) is 1. The fourth-order valence-corrected chi connectivity index (χ4v) is 5.39. The lowest BCUT2D eigenvalue weighted by Crippen LogP contribution is -2.15. The van der Waals surface area contributed by atoms with Crippen molar-refractivity contribution < 1.29 is 18.3 Å². The number of hydrogen-bond donors (Lipinski definition) is 2. The lowest BCUT2D eigenvalue weighted by molar-refractivity contribution is 0.0698. The van der Waals surface area contributed by atoms with Crippen LogP contribution in [0.15, 0.2) is 58.8 Å². The molecular weight excluding hydrogens is 358 g/mol. The number of hydrogen-bond acceptors (Lipinski definition) is 4. The first-order valence-electron chi connectivity index (χ1n) is 7.50. The molecule has 0 aliphatic heterocycles. The molecule has 0 fully saturated rings. The van der Waals surface area contributed by atoms with Crippen LogP contribution in [0.3, 0.4) is 0 Å². The summed E-state index contributed by atoms with van der Waals surface area (Å²) in [5, 5.41) is 10.6. The van der Waals surface area contributed by atoms with Crippen molar-refractivity contribution in [3.05, 3.63) is 69.9 Å². The molecule has 7 heteroatoms. The van der Waals surface area contributed by atoms with Gasteiger partial charge in [-0.15, -0.1) is 11.3 Å². The highest BCUT2D eigenvalue weighted by molar-refractivity contribution is 7.93. The third-order valence-electron chi connectivity index (χ3n) is 4.16. The van der Waals surface area contributed by atoms with E-state index in [1.54, 1.807) is 12.1 Å². The molecule has 0 amide bonds. The van der Waals surface area contributed by atoms with Crippen LogP contribution < -0.4 is 4.72 Å². The molecular formula is C18H13NO4S2. The molecule has 1 heterocycles. The first-order valence-corrected chi connectivity index (χ1v) is 9.87. The number of fused-ring (bicyclic) bond motifs is 3. The summed E-state index contributed by atoms with van der Waals surface area (Å²) in [6.45, 7) is 0. The molecule has 1 aromatic heterocycles. The van der Waals surface area contributed by atoms with Gasteiger partial charge < -0.3 is 5.11 Å². The summed E-state index contributed by atoms with van der Waals surface area (Å²) in [5.74, 6) is -1.25. The predicted molar refractivity (Wildman–Crippen MR) is 96.8 cm³/mol. The molecule has 0 saturated carbocycles. The number of benzene rings is 2. The smallest absolute Gasteiger partial charge is 0.347 e. The van der Waals surface area contributed by atoms with Crippen molar-refractivity contribution in [3.8, 4) is 11.1 Å². The molecule has 25 heavy (non-hydrogen) atoms. The lowest BCUT2D eigenvalue weighted by Gasteiger charge is -2.09. The maximum Gasteiger partial charge on any atom is 0.347 e. The molecule has 1 aliphatic rings. The van der Waals surface area contributed by atoms with E-state index in [2.05, 4.69) is 16.9 Å². The second-order valence-electron chi connectivity index (χ2n) is 5.73. The largest absolute Gasteiger partial charge is 0.477 e. The summed E-state index contributed by atoms with van der Waals surface area (Å²) in [6, 6.07) is 14.8. The maximum atomic E-state index is 12.5. The van der Waals surface area contributed by atoms with Crippen molar-refractivity contribution in [3.63, 3.8) is 0 Å². The van der Waals surface area contributed by atoms with Gasteiger partial charge in [0, 0.05) is 5.69 Å². The summed E-state index contributed by atoms with van der Waals surface area (Å²) in [6.07, 6.45) is 0.750. The van der Waals surface area contributed by atoms with E-state index in [1.807, 2.05) is 18.2 Å². The van der Waals surface area contributed by atoms with Crippen molar-refractivity contribution in [2.75, 3.05) is 4.72 Å². The Morgan fingerprint density at radius 3 is 2.60 bits per heavy atom. The van der Waals surface area contributed by atoms with Gasteiger partial charge in [0.15, 0.2) is 0 Å². The van der Waals surface area contributed by atoms with Crippen molar-refractivity contribution in [1.29, 1.82) is 0 Å². The zero-order valence-corrected chi connectivity index (χ0v) is 14.5. The Morgan fingerprint density at radius 1 is 1.04 bits per heavy atom. The zero-order valence-electron chi connectivity index (χ0n) is 12.9. The number of sulfonamides is 1. The van der Waals surface area contributed by atoms with Crippen LogP contribution in [0.5, 0.6) is 0 Å². The molecule has 0 atom stereocenters. The third kappa shape index (κ3) is 2.71. The topological polar surface area (TPSA) is 83.5 Å². The Morgan fingerprint density at radius 2 is 1.80 bits per heavy atom.